The van der Waals surface area contributed by atoms with Crippen LogP contribution in [0.4, 0.5) is 5.13 Å². The first-order valence-corrected chi connectivity index (χ1v) is 24.4. The second-order valence-corrected chi connectivity index (χ2v) is 18.0. The molecule has 0 radical (unpaired) electrons. The maximum Gasteiger partial charge on any atom is 0.356 e. The fourth-order valence-electron chi connectivity index (χ4n) is 8.06. The number of rotatable bonds is 16. The van der Waals surface area contributed by atoms with Gasteiger partial charge in [-0.25, -0.2) is 9.78 Å². The molecule has 65 heavy (non-hydrogen) atoms. The normalized spacial score (nSPS) is 16.1. The third kappa shape index (κ3) is 9.22. The largest absolute Gasteiger partial charge is 0.448 e. The maximum atomic E-state index is 14.5. The predicted octanol–water partition coefficient (Wildman–Crippen LogP) is 9.89. The molecule has 1 aromatic heterocycles. The van der Waals surface area contributed by atoms with Crippen molar-refractivity contribution in [2.45, 2.75) is 29.7 Å². The van der Waals surface area contributed by atoms with Gasteiger partial charge in [-0.15, -0.1) is 23.1 Å². The zero-order valence-corrected chi connectivity index (χ0v) is 38.6. The Balaban J connectivity index is 0.999. The summed E-state index contributed by atoms with van der Waals surface area (Å²) in [5, 5.41) is 12.8. The number of halogens is 1. The molecule has 6 aromatic carbocycles. The van der Waals surface area contributed by atoms with Crippen molar-refractivity contribution in [3.8, 4) is 0 Å². The lowest BCUT2D eigenvalue weighted by Crippen LogP contribution is -2.71. The summed E-state index contributed by atoms with van der Waals surface area (Å²) in [7, 11) is 0. The fraction of sp³-hybridized carbons (Fsp3) is 0.135. The van der Waals surface area contributed by atoms with E-state index in [-0.39, 0.29) is 23.7 Å². The standard InChI is InChI=1S/C52H42IN5O5S2/c53-31-38-33-64-49-44(48(60)58(49)45(38)50(61)63-46(36-21-9-2-10-22-36)37-23-11-3-12-24-37)55-47(59)43(57-62-32-35-19-7-1-8-20-35)42-34-65-51(54-42)56-52(39-25-13-4-14-26-39,40-27-15-5-16-28-40)41-29-17-6-18-30-41/h1-30,34,44,46,49H,31-33H2,(H,54,56)(H,55,59)/t44-,49+/m1/s1. The second-order valence-electron chi connectivity index (χ2n) is 15.3. The summed E-state index contributed by atoms with van der Waals surface area (Å²) >= 11 is 5.02. The van der Waals surface area contributed by atoms with E-state index in [0.717, 1.165) is 39.0 Å². The number of alkyl halides is 1. The van der Waals surface area contributed by atoms with E-state index in [4.69, 9.17) is 14.6 Å². The first kappa shape index (κ1) is 43.7. The number of carbonyl (C=O) groups is 3. The molecule has 2 atom stereocenters. The number of nitrogens with one attached hydrogen (secondary N) is 2. The molecule has 7 aromatic rings. The molecule has 10 nitrogen and oxygen atoms in total. The second kappa shape index (κ2) is 20.1. The van der Waals surface area contributed by atoms with E-state index in [1.807, 2.05) is 146 Å². The number of thiazole rings is 1. The number of aromatic nitrogens is 1. The van der Waals surface area contributed by atoms with Crippen LogP contribution in [-0.2, 0) is 36.1 Å². The van der Waals surface area contributed by atoms with Crippen LogP contribution in [0.1, 0.15) is 45.2 Å². The van der Waals surface area contributed by atoms with Gasteiger partial charge < -0.3 is 20.2 Å². The molecule has 2 amide bonds. The SMILES string of the molecule is O=C(N[C@@H]1C(=O)N2C(C(=O)OC(c3ccccc3)c3ccccc3)=C(CI)CS[C@@H]12)C(=NOCc1ccccc1)c1csc(NC(c2ccccc2)(c2ccccc2)c2ccccc2)n1. The van der Waals surface area contributed by atoms with Crippen molar-refractivity contribution in [3.63, 3.8) is 0 Å². The molecule has 13 heteroatoms. The number of hydrogen-bond donors (Lipinski definition) is 2. The van der Waals surface area contributed by atoms with Crippen LogP contribution in [0, 0.1) is 0 Å². The Labute approximate surface area is 398 Å². The number of fused-ring (bicyclic) bond motifs is 1. The van der Waals surface area contributed by atoms with Crippen LogP contribution in [-0.4, -0.2) is 55.0 Å². The molecule has 3 heterocycles. The van der Waals surface area contributed by atoms with Gasteiger partial charge in [-0.3, -0.25) is 14.5 Å². The summed E-state index contributed by atoms with van der Waals surface area (Å²) in [5.74, 6) is -1.20. The number of amides is 2. The monoisotopic (exact) mass is 1010 g/mol. The third-order valence-electron chi connectivity index (χ3n) is 11.2. The lowest BCUT2D eigenvalue weighted by Gasteiger charge is -2.49. The lowest BCUT2D eigenvalue weighted by molar-refractivity contribution is -0.154. The Morgan fingerprint density at radius 3 is 1.78 bits per heavy atom. The molecule has 2 aliphatic heterocycles. The highest BCUT2D eigenvalue weighted by Gasteiger charge is 2.55. The zero-order chi connectivity index (χ0) is 44.6. The average molecular weight is 1010 g/mol. The number of esters is 1. The summed E-state index contributed by atoms with van der Waals surface area (Å²) in [6, 6.07) is 58.1. The molecule has 2 aliphatic rings. The van der Waals surface area contributed by atoms with Crippen LogP contribution >= 0.6 is 45.7 Å². The first-order valence-electron chi connectivity index (χ1n) is 20.9. The average Bonchev–Trinajstić information content (AvgIpc) is 3.84. The number of thioether (sulfide) groups is 1. The van der Waals surface area contributed by atoms with Crippen molar-refractivity contribution in [1.29, 1.82) is 0 Å². The van der Waals surface area contributed by atoms with Gasteiger partial charge in [0.15, 0.2) is 16.9 Å². The van der Waals surface area contributed by atoms with E-state index >= 15 is 0 Å². The highest BCUT2D eigenvalue weighted by molar-refractivity contribution is 14.1. The molecule has 0 spiro atoms. The number of hydrogen-bond acceptors (Lipinski definition) is 10. The zero-order valence-electron chi connectivity index (χ0n) is 34.8. The van der Waals surface area contributed by atoms with Crippen molar-refractivity contribution in [2.24, 2.45) is 5.16 Å². The Kier molecular flexibility index (Phi) is 13.5. The van der Waals surface area contributed by atoms with Crippen LogP contribution in [0.5, 0.6) is 0 Å². The minimum atomic E-state index is -0.956. The Bertz CT molecular complexity index is 2680. The van der Waals surface area contributed by atoms with E-state index < -0.39 is 40.8 Å². The summed E-state index contributed by atoms with van der Waals surface area (Å²) in [4.78, 5) is 55.2. The molecule has 324 valence electrons. The van der Waals surface area contributed by atoms with Gasteiger partial charge in [-0.05, 0) is 39.0 Å². The fourth-order valence-corrected chi connectivity index (χ4v) is 11.2. The number of carbonyl (C=O) groups excluding carboxylic acids is 3. The smallest absolute Gasteiger partial charge is 0.356 e. The van der Waals surface area contributed by atoms with Crippen molar-refractivity contribution in [1.82, 2.24) is 15.2 Å². The quantitative estimate of drug-likeness (QED) is 0.0187. The van der Waals surface area contributed by atoms with Crippen LogP contribution in [0.2, 0.25) is 0 Å². The molecular weight excluding hydrogens is 966 g/mol. The van der Waals surface area contributed by atoms with Crippen LogP contribution in [0.3, 0.4) is 0 Å². The first-order chi connectivity index (χ1) is 31.9. The molecule has 1 fully saturated rings. The predicted molar refractivity (Wildman–Crippen MR) is 264 cm³/mol. The van der Waals surface area contributed by atoms with Crippen molar-refractivity contribution < 1.29 is 24.0 Å². The highest BCUT2D eigenvalue weighted by Crippen LogP contribution is 2.43. The minimum Gasteiger partial charge on any atom is -0.448 e. The summed E-state index contributed by atoms with van der Waals surface area (Å²) in [6.45, 7) is 0.100. The van der Waals surface area contributed by atoms with Gasteiger partial charge in [-0.1, -0.05) is 210 Å². The van der Waals surface area contributed by atoms with E-state index in [1.165, 1.54) is 28.0 Å². The van der Waals surface area contributed by atoms with Gasteiger partial charge >= 0.3 is 5.97 Å². The van der Waals surface area contributed by atoms with Crippen molar-refractivity contribution in [3.05, 3.63) is 238 Å². The molecule has 1 saturated heterocycles. The van der Waals surface area contributed by atoms with Gasteiger partial charge in [0, 0.05) is 15.6 Å². The Hall–Kier alpha value is -6.55. The van der Waals surface area contributed by atoms with E-state index in [0.29, 0.717) is 15.3 Å². The van der Waals surface area contributed by atoms with Gasteiger partial charge in [-0.2, -0.15) is 0 Å². The van der Waals surface area contributed by atoms with Gasteiger partial charge in [0.2, 0.25) is 0 Å². The van der Waals surface area contributed by atoms with Crippen molar-refractivity contribution in [2.75, 3.05) is 15.5 Å². The molecule has 2 N–H and O–H groups in total. The van der Waals surface area contributed by atoms with Crippen LogP contribution in [0.15, 0.2) is 204 Å². The number of anilines is 1. The summed E-state index contributed by atoms with van der Waals surface area (Å²) in [6.07, 6.45) is -0.696. The number of benzene rings is 6. The molecule has 0 aliphatic carbocycles. The summed E-state index contributed by atoms with van der Waals surface area (Å²) < 4.78 is 6.78. The third-order valence-corrected chi connectivity index (χ3v) is 14.2. The highest BCUT2D eigenvalue weighted by atomic mass is 127. The molecule has 0 bridgehead atoms. The van der Waals surface area contributed by atoms with Gasteiger partial charge in [0.05, 0.1) is 0 Å². The maximum absolute atomic E-state index is 14.5. The Morgan fingerprint density at radius 1 is 0.754 bits per heavy atom. The minimum absolute atomic E-state index is 0.0984. The van der Waals surface area contributed by atoms with Crippen molar-refractivity contribution >= 4 is 74.3 Å². The lowest BCUT2D eigenvalue weighted by atomic mass is 9.77. The van der Waals surface area contributed by atoms with E-state index in [9.17, 15) is 14.4 Å². The molecular formula is C52H42IN5O5S2. The molecule has 9 rings (SSSR count). The summed E-state index contributed by atoms with van der Waals surface area (Å²) in [5.41, 5.74) is 5.72. The van der Waals surface area contributed by atoms with Crippen LogP contribution in [0.25, 0.3) is 0 Å². The molecule has 0 saturated carbocycles. The number of nitrogens with zero attached hydrogens (tertiary/aromatic N) is 3. The number of oxime groups is 1. The number of β-lactam (4-membered cyclic amide) rings is 1. The van der Waals surface area contributed by atoms with Crippen LogP contribution < -0.4 is 10.6 Å². The molecule has 0 unspecified atom stereocenters. The van der Waals surface area contributed by atoms with Gasteiger partial charge in [0.1, 0.15) is 35.0 Å². The van der Waals surface area contributed by atoms with E-state index in [2.05, 4.69) is 74.8 Å². The van der Waals surface area contributed by atoms with Gasteiger partial charge in [0.25, 0.3) is 11.8 Å². The number of ether oxygens (including phenoxy) is 1. The topological polar surface area (TPSA) is 122 Å². The van der Waals surface area contributed by atoms with E-state index in [1.54, 1.807) is 5.38 Å². The Morgan fingerprint density at radius 2 is 1.26 bits per heavy atom.